The first-order valence-corrected chi connectivity index (χ1v) is 16.2. The molecule has 0 radical (unpaired) electrons. The summed E-state index contributed by atoms with van der Waals surface area (Å²) in [6, 6.07) is -2.20. The van der Waals surface area contributed by atoms with E-state index in [1.54, 1.807) is 0 Å². The fourth-order valence-corrected chi connectivity index (χ4v) is 6.05. The number of carbonyl (C=O) groups excluding carboxylic acids is 3. The van der Waals surface area contributed by atoms with Gasteiger partial charge >= 0.3 is 24.0 Å². The van der Waals surface area contributed by atoms with Crippen LogP contribution in [0.5, 0.6) is 0 Å². The van der Waals surface area contributed by atoms with Crippen LogP contribution in [-0.4, -0.2) is 210 Å². The molecule has 300 valence electrons. The van der Waals surface area contributed by atoms with Crippen LogP contribution in [0.25, 0.3) is 0 Å². The van der Waals surface area contributed by atoms with Gasteiger partial charge in [0.1, 0.15) is 49.2 Å². The zero-order chi connectivity index (χ0) is 38.7. The average Bonchev–Trinajstić information content (AvgIpc) is 3.63. The van der Waals surface area contributed by atoms with Crippen LogP contribution in [0.3, 0.4) is 0 Å². The van der Waals surface area contributed by atoms with Crippen molar-refractivity contribution in [2.75, 3.05) is 39.5 Å². The number of hydrogen-bond acceptors (Lipinski definition) is 15. The van der Waals surface area contributed by atoms with E-state index >= 15 is 0 Å². The maximum atomic E-state index is 13.7. The molecule has 0 spiro atoms. The molecule has 6 aliphatic heterocycles. The van der Waals surface area contributed by atoms with Gasteiger partial charge in [0.05, 0.1) is 19.8 Å². The van der Waals surface area contributed by atoms with Gasteiger partial charge in [-0.05, 0) is 0 Å². The van der Waals surface area contributed by atoms with Crippen LogP contribution in [0.1, 0.15) is 19.3 Å². The standard InChI is InChI=1S/C9H14F2N2O5.2C9H15FN2O5/c10-9(11)6(16)4(3-14)18-7(9)13-2-1-5(15)12-8(13)17;2*10-6-7(15)4(3-13)17-8(6)12-2-1-5(14)11-9(12)16/h4-7,14-16H,1-3H2,(H,12,17);2*4-8,13-15H,1-3H2,(H,11,16)/t4-,5?,6-,7?;4-,5?,6+,7-,8?;4-,5?,6-,7-,8?/m111/s1. The molecule has 6 saturated heterocycles. The normalized spacial score (nSPS) is 41.7. The molecule has 0 saturated carbocycles. The van der Waals surface area contributed by atoms with E-state index in [4.69, 9.17) is 34.6 Å². The number of amides is 6. The highest BCUT2D eigenvalue weighted by Gasteiger charge is 2.61. The number of carbonyl (C=O) groups is 3. The molecule has 25 heteroatoms. The largest absolute Gasteiger partial charge is 0.394 e. The predicted molar refractivity (Wildman–Crippen MR) is 158 cm³/mol. The van der Waals surface area contributed by atoms with Crippen molar-refractivity contribution in [2.45, 2.75) is 112 Å². The smallest absolute Gasteiger partial charge is 0.321 e. The van der Waals surface area contributed by atoms with Crippen molar-refractivity contribution in [3.8, 4) is 0 Å². The van der Waals surface area contributed by atoms with Gasteiger partial charge in [0, 0.05) is 38.9 Å². The lowest BCUT2D eigenvalue weighted by atomic mass is 10.1. The lowest BCUT2D eigenvalue weighted by molar-refractivity contribution is -0.159. The van der Waals surface area contributed by atoms with Gasteiger partial charge in [-0.3, -0.25) is 14.7 Å². The molecule has 6 amide bonds. The second kappa shape index (κ2) is 17.5. The Morgan fingerprint density at radius 1 is 0.596 bits per heavy atom. The van der Waals surface area contributed by atoms with Gasteiger partial charge in [-0.15, -0.1) is 0 Å². The van der Waals surface area contributed by atoms with E-state index in [1.165, 1.54) is 0 Å². The van der Waals surface area contributed by atoms with E-state index < -0.39 is 130 Å². The maximum Gasteiger partial charge on any atom is 0.321 e. The van der Waals surface area contributed by atoms with Crippen molar-refractivity contribution >= 4 is 18.1 Å². The summed E-state index contributed by atoms with van der Waals surface area (Å²) in [6.45, 7) is -1.68. The minimum Gasteiger partial charge on any atom is -0.394 e. The fraction of sp³-hybridized carbons (Fsp3) is 0.889. The Morgan fingerprint density at radius 3 is 1.23 bits per heavy atom. The van der Waals surface area contributed by atoms with E-state index in [0.29, 0.717) is 4.90 Å². The van der Waals surface area contributed by atoms with Crippen molar-refractivity contribution in [1.29, 1.82) is 0 Å². The summed E-state index contributed by atoms with van der Waals surface area (Å²) in [5.74, 6) is -3.67. The highest BCUT2D eigenvalue weighted by atomic mass is 19.3. The third-order valence-electron chi connectivity index (χ3n) is 8.99. The minimum atomic E-state index is -3.67. The number of nitrogens with zero attached hydrogens (tertiary/aromatic N) is 3. The molecular formula is C27H44F4N6O15. The van der Waals surface area contributed by atoms with E-state index in [9.17, 15) is 57.5 Å². The second-order valence-electron chi connectivity index (χ2n) is 12.5. The van der Waals surface area contributed by atoms with Crippen molar-refractivity contribution in [3.05, 3.63) is 0 Å². The Labute approximate surface area is 292 Å². The molecule has 0 aliphatic carbocycles. The summed E-state index contributed by atoms with van der Waals surface area (Å²) in [5, 5.41) is 88.7. The van der Waals surface area contributed by atoms with Gasteiger partial charge in [-0.2, -0.15) is 8.78 Å². The number of aliphatic hydroxyl groups excluding tert-OH is 9. The van der Waals surface area contributed by atoms with Crippen LogP contribution in [-0.2, 0) is 14.2 Å². The van der Waals surface area contributed by atoms with Gasteiger partial charge in [0.25, 0.3) is 0 Å². The molecule has 14 atom stereocenters. The number of aliphatic hydroxyl groups is 9. The average molecular weight is 769 g/mol. The molecule has 6 heterocycles. The zero-order valence-electron chi connectivity index (χ0n) is 27.3. The second-order valence-corrected chi connectivity index (χ2v) is 12.5. The topological polar surface area (TPSA) is 307 Å². The van der Waals surface area contributed by atoms with Crippen LogP contribution >= 0.6 is 0 Å². The number of rotatable bonds is 6. The summed E-state index contributed by atoms with van der Waals surface area (Å²) in [5.41, 5.74) is 0. The van der Waals surface area contributed by atoms with Gasteiger partial charge in [0.15, 0.2) is 30.9 Å². The number of ether oxygens (including phenoxy) is 3. The van der Waals surface area contributed by atoms with Crippen molar-refractivity contribution in [3.63, 3.8) is 0 Å². The van der Waals surface area contributed by atoms with Gasteiger partial charge < -0.3 is 76.1 Å². The number of halogens is 4. The molecule has 12 N–H and O–H groups in total. The molecular weight excluding hydrogens is 724 g/mol. The minimum absolute atomic E-state index is 0.0710. The third-order valence-corrected chi connectivity index (χ3v) is 8.99. The molecule has 6 unspecified atom stereocenters. The van der Waals surface area contributed by atoms with Crippen molar-refractivity contribution < 1.29 is 92.1 Å². The van der Waals surface area contributed by atoms with Gasteiger partial charge in [-0.1, -0.05) is 0 Å². The van der Waals surface area contributed by atoms with Crippen LogP contribution in [0.4, 0.5) is 31.9 Å². The third kappa shape index (κ3) is 8.87. The molecule has 0 aromatic carbocycles. The van der Waals surface area contributed by atoms with Crippen LogP contribution in [0.2, 0.25) is 0 Å². The number of alkyl halides is 4. The van der Waals surface area contributed by atoms with E-state index in [0.717, 1.165) is 9.80 Å². The first-order chi connectivity index (χ1) is 24.5. The summed E-state index contributed by atoms with van der Waals surface area (Å²) < 4.78 is 69.8. The summed E-state index contributed by atoms with van der Waals surface area (Å²) in [6.07, 6.45) is -18.9. The lowest BCUT2D eigenvalue weighted by Gasteiger charge is -2.36. The van der Waals surface area contributed by atoms with Gasteiger partial charge in [-0.25, -0.2) is 23.2 Å². The first-order valence-electron chi connectivity index (χ1n) is 16.2. The molecule has 6 rings (SSSR count). The van der Waals surface area contributed by atoms with Crippen LogP contribution in [0, 0.1) is 0 Å². The van der Waals surface area contributed by atoms with Crippen LogP contribution < -0.4 is 16.0 Å². The molecule has 0 aromatic heterocycles. The highest BCUT2D eigenvalue weighted by Crippen LogP contribution is 2.38. The van der Waals surface area contributed by atoms with Crippen molar-refractivity contribution in [2.24, 2.45) is 0 Å². The molecule has 6 aliphatic rings. The van der Waals surface area contributed by atoms with E-state index in [-0.39, 0.29) is 38.9 Å². The van der Waals surface area contributed by atoms with E-state index in [1.807, 2.05) is 0 Å². The van der Waals surface area contributed by atoms with E-state index in [2.05, 4.69) is 16.0 Å². The Bertz CT molecular complexity index is 1180. The SMILES string of the molecule is O=C1NC(O)CCN1C1O[C@H](CO)[C@@H](O)C1(F)F.O=C1NC(O)CCN1C1O[C@H](CO)[C@@H](O)[C@@H]1F.O=C1NC(O)CCN1C1O[C@H](CO)[C@@H](O)[C@H]1F. The number of nitrogens with one attached hydrogen (secondary N) is 3. The quantitative estimate of drug-likeness (QED) is 0.112. The zero-order valence-corrected chi connectivity index (χ0v) is 27.3. The Kier molecular flexibility index (Phi) is 14.0. The molecule has 21 nitrogen and oxygen atoms in total. The Balaban J connectivity index is 0.000000175. The van der Waals surface area contributed by atoms with Crippen molar-refractivity contribution in [1.82, 2.24) is 30.7 Å². The molecule has 6 fully saturated rings. The maximum absolute atomic E-state index is 13.7. The summed E-state index contributed by atoms with van der Waals surface area (Å²) in [4.78, 5) is 37.3. The number of hydrogen-bond donors (Lipinski definition) is 12. The molecule has 52 heavy (non-hydrogen) atoms. The molecule has 0 bridgehead atoms. The predicted octanol–water partition coefficient (Wildman–Crippen LogP) is -5.29. The first kappa shape index (κ1) is 41.8. The molecule has 0 aromatic rings. The summed E-state index contributed by atoms with van der Waals surface area (Å²) >= 11 is 0. The fourth-order valence-electron chi connectivity index (χ4n) is 6.05. The van der Waals surface area contributed by atoms with Gasteiger partial charge in [0.2, 0.25) is 6.23 Å². The summed E-state index contributed by atoms with van der Waals surface area (Å²) in [7, 11) is 0. The number of urea groups is 3. The Hall–Kier alpha value is -2.95. The lowest BCUT2D eigenvalue weighted by Crippen LogP contribution is -2.59. The Morgan fingerprint density at radius 2 is 0.942 bits per heavy atom. The highest BCUT2D eigenvalue weighted by molar-refractivity contribution is 5.76. The monoisotopic (exact) mass is 768 g/mol. The van der Waals surface area contributed by atoms with Crippen LogP contribution in [0.15, 0.2) is 0 Å².